The lowest BCUT2D eigenvalue weighted by Crippen LogP contribution is -2.12. The largest absolute Gasteiger partial charge is 0.417 e. The Morgan fingerprint density at radius 2 is 1.70 bits per heavy atom. The number of alkyl halides is 3. The van der Waals surface area contributed by atoms with Crippen LogP contribution >= 0.6 is 0 Å². The number of aromatic nitrogens is 2. The summed E-state index contributed by atoms with van der Waals surface area (Å²) >= 11 is 0. The third-order valence-electron chi connectivity index (χ3n) is 5.76. The second-order valence-electron chi connectivity index (χ2n) is 8.49. The highest BCUT2D eigenvalue weighted by Crippen LogP contribution is 2.39. The van der Waals surface area contributed by atoms with Gasteiger partial charge < -0.3 is 15.6 Å². The van der Waals surface area contributed by atoms with Crippen LogP contribution in [0.1, 0.15) is 27.2 Å². The van der Waals surface area contributed by atoms with E-state index in [9.17, 15) is 26.4 Å². The summed E-state index contributed by atoms with van der Waals surface area (Å²) in [5.74, 6) is -0.302. The fourth-order valence-corrected chi connectivity index (χ4v) is 4.68. The number of rotatable bonds is 6. The molecular formula is C26H23F3N4O3S. The maximum absolute atomic E-state index is 13.9. The number of halogens is 3. The lowest BCUT2D eigenvalue weighted by atomic mass is 10.00. The first-order valence-electron chi connectivity index (χ1n) is 11.0. The smallest absolute Gasteiger partial charge is 0.384 e. The van der Waals surface area contributed by atoms with Gasteiger partial charge in [-0.15, -0.1) is 0 Å². The molecule has 0 spiro atoms. The standard InChI is InChI=1S/C26H23F3N4O3S/c1-16-21(25(34)32-17-10-12-19(13-11-17)37(2,35)36)15-33(14-18-6-5-9-23(30)31-18)24(16)20-7-3-4-8-22(20)26(27,28)29/h3-13,15H,14H2,1-2H3,(H2,30,31)(H,32,34). The minimum atomic E-state index is -4.61. The number of hydrogen-bond acceptors (Lipinski definition) is 5. The van der Waals surface area contributed by atoms with Gasteiger partial charge in [-0.1, -0.05) is 24.3 Å². The van der Waals surface area contributed by atoms with Crippen molar-refractivity contribution in [2.75, 3.05) is 17.3 Å². The van der Waals surface area contributed by atoms with Crippen LogP contribution in [0.2, 0.25) is 0 Å². The number of hydrogen-bond donors (Lipinski definition) is 2. The van der Waals surface area contributed by atoms with Crippen molar-refractivity contribution in [1.29, 1.82) is 0 Å². The number of carbonyl (C=O) groups is 1. The Kier molecular flexibility index (Phi) is 6.83. The summed E-state index contributed by atoms with van der Waals surface area (Å²) in [4.78, 5) is 17.5. The Balaban J connectivity index is 1.79. The highest BCUT2D eigenvalue weighted by atomic mass is 32.2. The Morgan fingerprint density at radius 3 is 2.32 bits per heavy atom. The second kappa shape index (κ2) is 9.74. The zero-order chi connectivity index (χ0) is 27.0. The highest BCUT2D eigenvalue weighted by molar-refractivity contribution is 7.90. The van der Waals surface area contributed by atoms with Crippen LogP contribution in [0.5, 0.6) is 0 Å². The number of nitrogen functional groups attached to an aromatic ring is 1. The molecule has 2 aromatic heterocycles. The molecule has 2 aromatic carbocycles. The Morgan fingerprint density at radius 1 is 1.03 bits per heavy atom. The SMILES string of the molecule is Cc1c(C(=O)Nc2ccc(S(C)(=O)=O)cc2)cn(Cc2cccc(N)n2)c1-c1ccccc1C(F)(F)F. The molecule has 192 valence electrons. The fraction of sp³-hybridized carbons (Fsp3) is 0.154. The molecule has 7 nitrogen and oxygen atoms in total. The van der Waals surface area contributed by atoms with Gasteiger partial charge in [0.15, 0.2) is 9.84 Å². The lowest BCUT2D eigenvalue weighted by Gasteiger charge is -2.16. The third kappa shape index (κ3) is 5.67. The molecule has 0 aliphatic rings. The third-order valence-corrected chi connectivity index (χ3v) is 6.89. The maximum Gasteiger partial charge on any atom is 0.417 e. The predicted octanol–water partition coefficient (Wildman–Crippen LogP) is 5.16. The van der Waals surface area contributed by atoms with Gasteiger partial charge in [0, 0.05) is 23.7 Å². The monoisotopic (exact) mass is 528 g/mol. The minimum absolute atomic E-state index is 0.0732. The number of pyridine rings is 1. The van der Waals surface area contributed by atoms with Crippen molar-refractivity contribution in [1.82, 2.24) is 9.55 Å². The highest BCUT2D eigenvalue weighted by Gasteiger charge is 2.35. The first kappa shape index (κ1) is 26.0. The van der Waals surface area contributed by atoms with Crippen LogP contribution in [-0.2, 0) is 22.6 Å². The number of nitrogens with two attached hydrogens (primary N) is 1. The van der Waals surface area contributed by atoms with E-state index in [4.69, 9.17) is 5.73 Å². The van der Waals surface area contributed by atoms with Crippen molar-refractivity contribution >= 4 is 27.2 Å². The van der Waals surface area contributed by atoms with E-state index < -0.39 is 27.5 Å². The van der Waals surface area contributed by atoms with Crippen molar-refractivity contribution in [3.8, 4) is 11.3 Å². The fourth-order valence-electron chi connectivity index (χ4n) is 4.05. The van der Waals surface area contributed by atoms with Crippen molar-refractivity contribution in [3.05, 3.63) is 95.3 Å². The summed E-state index contributed by atoms with van der Waals surface area (Å²) in [6.45, 7) is 1.65. The zero-order valence-electron chi connectivity index (χ0n) is 19.9. The van der Waals surface area contributed by atoms with E-state index in [1.165, 1.54) is 48.7 Å². The summed E-state index contributed by atoms with van der Waals surface area (Å²) in [6, 6.07) is 15.7. The molecule has 4 aromatic rings. The molecule has 0 fully saturated rings. The van der Waals surface area contributed by atoms with Crippen molar-refractivity contribution in [2.45, 2.75) is 24.5 Å². The maximum atomic E-state index is 13.9. The molecule has 0 saturated carbocycles. The molecule has 0 aliphatic heterocycles. The summed E-state index contributed by atoms with van der Waals surface area (Å²) in [6.07, 6.45) is -2.07. The van der Waals surface area contributed by atoms with E-state index >= 15 is 0 Å². The van der Waals surface area contributed by atoms with Gasteiger partial charge in [0.2, 0.25) is 0 Å². The van der Waals surface area contributed by atoms with Gasteiger partial charge in [-0.2, -0.15) is 13.2 Å². The first-order chi connectivity index (χ1) is 17.3. The van der Waals surface area contributed by atoms with Gasteiger partial charge in [-0.05, 0) is 55.0 Å². The summed E-state index contributed by atoms with van der Waals surface area (Å²) in [7, 11) is -3.41. The van der Waals surface area contributed by atoms with E-state index in [-0.39, 0.29) is 34.1 Å². The molecule has 0 unspecified atom stereocenters. The predicted molar refractivity (Wildman–Crippen MR) is 135 cm³/mol. The Bertz CT molecular complexity index is 1580. The number of nitrogens with zero attached hydrogens (tertiary/aromatic N) is 2. The van der Waals surface area contributed by atoms with Crippen LogP contribution in [0.4, 0.5) is 24.7 Å². The summed E-state index contributed by atoms with van der Waals surface area (Å²) in [5, 5.41) is 2.68. The summed E-state index contributed by atoms with van der Waals surface area (Å²) in [5.41, 5.74) is 6.42. The molecule has 0 atom stereocenters. The van der Waals surface area contributed by atoms with Gasteiger partial charge in [0.1, 0.15) is 5.82 Å². The Hall–Kier alpha value is -4.12. The number of amides is 1. The molecule has 1 amide bonds. The average Bonchev–Trinajstić information content (AvgIpc) is 3.14. The Labute approximate surface area is 211 Å². The molecule has 0 radical (unpaired) electrons. The van der Waals surface area contributed by atoms with Crippen molar-refractivity contribution in [3.63, 3.8) is 0 Å². The van der Waals surface area contributed by atoms with E-state index in [0.29, 0.717) is 16.9 Å². The van der Waals surface area contributed by atoms with E-state index in [1.807, 2.05) is 0 Å². The minimum Gasteiger partial charge on any atom is -0.384 e. The van der Waals surface area contributed by atoms with Crippen LogP contribution in [0.3, 0.4) is 0 Å². The molecule has 4 rings (SSSR count). The number of anilines is 2. The topological polar surface area (TPSA) is 107 Å². The van der Waals surface area contributed by atoms with Crippen LogP contribution in [0.15, 0.2) is 77.8 Å². The van der Waals surface area contributed by atoms with E-state index in [1.54, 1.807) is 29.7 Å². The van der Waals surface area contributed by atoms with E-state index in [0.717, 1.165) is 12.3 Å². The molecule has 0 aliphatic carbocycles. The molecule has 0 bridgehead atoms. The molecule has 0 saturated heterocycles. The quantitative estimate of drug-likeness (QED) is 0.359. The van der Waals surface area contributed by atoms with Gasteiger partial charge in [-0.25, -0.2) is 13.4 Å². The lowest BCUT2D eigenvalue weighted by molar-refractivity contribution is -0.137. The molecule has 11 heteroatoms. The first-order valence-corrected chi connectivity index (χ1v) is 12.9. The van der Waals surface area contributed by atoms with Crippen molar-refractivity contribution < 1.29 is 26.4 Å². The normalized spacial score (nSPS) is 11.9. The van der Waals surface area contributed by atoms with Crippen LogP contribution in [-0.4, -0.2) is 30.1 Å². The molecule has 37 heavy (non-hydrogen) atoms. The molecule has 2 heterocycles. The number of nitrogens with one attached hydrogen (secondary N) is 1. The zero-order valence-corrected chi connectivity index (χ0v) is 20.7. The van der Waals surface area contributed by atoms with E-state index in [2.05, 4.69) is 10.3 Å². The average molecular weight is 529 g/mol. The van der Waals surface area contributed by atoms with Gasteiger partial charge in [-0.3, -0.25) is 4.79 Å². The van der Waals surface area contributed by atoms with Crippen LogP contribution < -0.4 is 11.1 Å². The van der Waals surface area contributed by atoms with Crippen molar-refractivity contribution in [2.24, 2.45) is 0 Å². The second-order valence-corrected chi connectivity index (χ2v) is 10.5. The van der Waals surface area contributed by atoms with Crippen LogP contribution in [0.25, 0.3) is 11.3 Å². The van der Waals surface area contributed by atoms with Gasteiger partial charge in [0.25, 0.3) is 5.91 Å². The van der Waals surface area contributed by atoms with Gasteiger partial charge >= 0.3 is 6.18 Å². The van der Waals surface area contributed by atoms with Gasteiger partial charge in [0.05, 0.1) is 34.0 Å². The number of sulfone groups is 1. The molecular weight excluding hydrogens is 505 g/mol. The van der Waals surface area contributed by atoms with Crippen LogP contribution in [0, 0.1) is 6.92 Å². The molecule has 3 N–H and O–H groups in total. The number of carbonyl (C=O) groups excluding carboxylic acids is 1. The number of benzene rings is 2. The summed E-state index contributed by atoms with van der Waals surface area (Å²) < 4.78 is 66.6.